The van der Waals surface area contributed by atoms with Crippen LogP contribution in [0.2, 0.25) is 5.02 Å². The van der Waals surface area contributed by atoms with Crippen molar-refractivity contribution < 1.29 is 0 Å². The topological polar surface area (TPSA) is 16.1 Å². The lowest BCUT2D eigenvalue weighted by molar-refractivity contribution is 0.489. The predicted octanol–water partition coefficient (Wildman–Crippen LogP) is 4.77. The number of halogens is 2. The fourth-order valence-electron chi connectivity index (χ4n) is 2.57. The fraction of sp³-hybridized carbons (Fsp3) is 0.278. The maximum absolute atomic E-state index is 5.98. The Morgan fingerprint density at radius 2 is 2.00 bits per heavy atom. The number of anilines is 1. The van der Waals surface area contributed by atoms with Gasteiger partial charge in [-0.25, -0.2) is 4.98 Å². The van der Waals surface area contributed by atoms with Crippen LogP contribution in [0.4, 0.5) is 5.82 Å². The smallest absolute Gasteiger partial charge is 0.129 e. The zero-order valence-corrected chi connectivity index (χ0v) is 14.4. The van der Waals surface area contributed by atoms with Gasteiger partial charge in [-0.15, -0.1) is 0 Å². The van der Waals surface area contributed by atoms with Crippen LogP contribution in [0.25, 0.3) is 0 Å². The van der Waals surface area contributed by atoms with Crippen LogP contribution >= 0.6 is 27.5 Å². The van der Waals surface area contributed by atoms with Gasteiger partial charge in [0.15, 0.2) is 0 Å². The SMILES string of the molecule is Clc1cccc(C#CC2CCN(c3cc(Br)ccn3)CC2)c1. The molecule has 1 fully saturated rings. The van der Waals surface area contributed by atoms with E-state index in [9.17, 15) is 0 Å². The van der Waals surface area contributed by atoms with E-state index in [0.29, 0.717) is 5.92 Å². The predicted molar refractivity (Wildman–Crippen MR) is 95.2 cm³/mol. The lowest BCUT2D eigenvalue weighted by Gasteiger charge is -2.30. The minimum absolute atomic E-state index is 0.447. The Labute approximate surface area is 144 Å². The largest absolute Gasteiger partial charge is 0.357 e. The number of hydrogen-bond acceptors (Lipinski definition) is 2. The number of pyridine rings is 1. The van der Waals surface area contributed by atoms with Crippen LogP contribution in [0.1, 0.15) is 18.4 Å². The molecule has 0 unspecified atom stereocenters. The molecule has 4 heteroatoms. The molecule has 0 amide bonds. The first-order valence-corrected chi connectivity index (χ1v) is 8.51. The van der Waals surface area contributed by atoms with E-state index in [1.165, 1.54) is 0 Å². The molecule has 112 valence electrons. The second-order valence-electron chi connectivity index (χ2n) is 5.37. The first-order valence-electron chi connectivity index (χ1n) is 7.34. The van der Waals surface area contributed by atoms with Crippen molar-refractivity contribution in [2.45, 2.75) is 12.8 Å². The molecule has 0 saturated carbocycles. The van der Waals surface area contributed by atoms with E-state index >= 15 is 0 Å². The number of benzene rings is 1. The fourth-order valence-corrected chi connectivity index (χ4v) is 3.08. The van der Waals surface area contributed by atoms with Gasteiger partial charge < -0.3 is 4.90 Å². The second-order valence-corrected chi connectivity index (χ2v) is 6.73. The molecule has 0 bridgehead atoms. The van der Waals surface area contributed by atoms with Crippen molar-refractivity contribution in [2.75, 3.05) is 18.0 Å². The molecule has 1 aromatic carbocycles. The molecule has 0 spiro atoms. The summed E-state index contributed by atoms with van der Waals surface area (Å²) in [5, 5.41) is 0.738. The van der Waals surface area contributed by atoms with Gasteiger partial charge >= 0.3 is 0 Å². The molecule has 0 radical (unpaired) electrons. The third-order valence-electron chi connectivity index (χ3n) is 3.77. The van der Waals surface area contributed by atoms with Gasteiger partial charge in [0, 0.05) is 40.3 Å². The van der Waals surface area contributed by atoms with Crippen molar-refractivity contribution in [2.24, 2.45) is 5.92 Å². The summed E-state index contributed by atoms with van der Waals surface area (Å²) in [6, 6.07) is 11.7. The van der Waals surface area contributed by atoms with Gasteiger partial charge in [-0.05, 0) is 43.2 Å². The summed E-state index contributed by atoms with van der Waals surface area (Å²) in [6.45, 7) is 2.00. The Morgan fingerprint density at radius 3 is 2.73 bits per heavy atom. The van der Waals surface area contributed by atoms with Gasteiger partial charge in [0.05, 0.1) is 0 Å². The van der Waals surface area contributed by atoms with Gasteiger partial charge in [-0.1, -0.05) is 45.4 Å². The molecule has 1 aliphatic rings. The van der Waals surface area contributed by atoms with Crippen molar-refractivity contribution in [3.8, 4) is 11.8 Å². The number of nitrogens with zero attached hydrogens (tertiary/aromatic N) is 2. The van der Waals surface area contributed by atoms with Crippen LogP contribution in [0, 0.1) is 17.8 Å². The van der Waals surface area contributed by atoms with Crippen LogP contribution in [0.3, 0.4) is 0 Å². The van der Waals surface area contributed by atoms with E-state index < -0.39 is 0 Å². The normalized spacial score (nSPS) is 15.3. The minimum Gasteiger partial charge on any atom is -0.357 e. The Bertz CT molecular complexity index is 712. The first kappa shape index (κ1) is 15.4. The maximum atomic E-state index is 5.98. The molecular weight excluding hydrogens is 360 g/mol. The van der Waals surface area contributed by atoms with Gasteiger partial charge in [-0.3, -0.25) is 0 Å². The molecule has 1 aromatic heterocycles. The molecular formula is C18H16BrClN2. The summed E-state index contributed by atoms with van der Waals surface area (Å²) in [4.78, 5) is 6.76. The van der Waals surface area contributed by atoms with Crippen LogP contribution in [-0.2, 0) is 0 Å². The Kier molecular flexibility index (Phi) is 5.02. The zero-order chi connectivity index (χ0) is 15.4. The van der Waals surface area contributed by atoms with Crippen molar-refractivity contribution in [3.05, 3.63) is 57.7 Å². The average molecular weight is 376 g/mol. The van der Waals surface area contributed by atoms with Gasteiger partial charge in [0.25, 0.3) is 0 Å². The van der Waals surface area contributed by atoms with E-state index in [0.717, 1.165) is 46.8 Å². The number of aromatic nitrogens is 1. The summed E-state index contributed by atoms with van der Waals surface area (Å²) in [6.07, 6.45) is 3.98. The highest BCUT2D eigenvalue weighted by Crippen LogP contribution is 2.23. The van der Waals surface area contributed by atoms with Crippen LogP contribution in [0.15, 0.2) is 47.1 Å². The Balaban J connectivity index is 1.61. The zero-order valence-electron chi connectivity index (χ0n) is 12.1. The number of rotatable bonds is 1. The molecule has 0 atom stereocenters. The summed E-state index contributed by atoms with van der Waals surface area (Å²) in [7, 11) is 0. The Hall–Kier alpha value is -1.50. The number of piperidine rings is 1. The summed E-state index contributed by atoms with van der Waals surface area (Å²) >= 11 is 9.48. The third kappa shape index (κ3) is 4.03. The summed E-state index contributed by atoms with van der Waals surface area (Å²) in [5.41, 5.74) is 0.989. The highest BCUT2D eigenvalue weighted by atomic mass is 79.9. The lowest BCUT2D eigenvalue weighted by Crippen LogP contribution is -2.33. The number of hydrogen-bond donors (Lipinski definition) is 0. The molecule has 1 aliphatic heterocycles. The van der Waals surface area contributed by atoms with E-state index in [1.54, 1.807) is 0 Å². The van der Waals surface area contributed by atoms with Crippen molar-refractivity contribution in [1.82, 2.24) is 4.98 Å². The second kappa shape index (κ2) is 7.17. The van der Waals surface area contributed by atoms with Crippen LogP contribution in [0.5, 0.6) is 0 Å². The van der Waals surface area contributed by atoms with E-state index in [-0.39, 0.29) is 0 Å². The highest BCUT2D eigenvalue weighted by molar-refractivity contribution is 9.10. The van der Waals surface area contributed by atoms with E-state index in [2.05, 4.69) is 43.7 Å². The molecule has 2 aromatic rings. The monoisotopic (exact) mass is 374 g/mol. The quantitative estimate of drug-likeness (QED) is 0.668. The van der Waals surface area contributed by atoms with Crippen molar-refractivity contribution in [1.29, 1.82) is 0 Å². The average Bonchev–Trinajstić information content (AvgIpc) is 2.54. The minimum atomic E-state index is 0.447. The molecule has 0 aliphatic carbocycles. The summed E-state index contributed by atoms with van der Waals surface area (Å²) < 4.78 is 1.07. The van der Waals surface area contributed by atoms with E-state index in [1.807, 2.05) is 36.5 Å². The van der Waals surface area contributed by atoms with Gasteiger partial charge in [0.2, 0.25) is 0 Å². The maximum Gasteiger partial charge on any atom is 0.129 e. The summed E-state index contributed by atoms with van der Waals surface area (Å²) in [5.74, 6) is 8.11. The highest BCUT2D eigenvalue weighted by Gasteiger charge is 2.18. The standard InChI is InChI=1S/C18H16BrClN2/c19-16-6-9-21-18(13-16)22-10-7-14(8-11-22)4-5-15-2-1-3-17(20)12-15/h1-3,6,9,12-14H,7-8,10-11H2. The molecule has 1 saturated heterocycles. The molecule has 22 heavy (non-hydrogen) atoms. The lowest BCUT2D eigenvalue weighted by atomic mass is 9.97. The van der Waals surface area contributed by atoms with Gasteiger partial charge in [-0.2, -0.15) is 0 Å². The molecule has 2 heterocycles. The molecule has 0 N–H and O–H groups in total. The van der Waals surface area contributed by atoms with Gasteiger partial charge in [0.1, 0.15) is 5.82 Å². The first-order chi connectivity index (χ1) is 10.7. The van der Waals surface area contributed by atoms with Crippen molar-refractivity contribution >= 4 is 33.3 Å². The van der Waals surface area contributed by atoms with Crippen molar-refractivity contribution in [3.63, 3.8) is 0 Å². The Morgan fingerprint density at radius 1 is 1.18 bits per heavy atom. The molecule has 3 rings (SSSR count). The molecule has 2 nitrogen and oxygen atoms in total. The van der Waals surface area contributed by atoms with Crippen LogP contribution < -0.4 is 4.90 Å². The third-order valence-corrected chi connectivity index (χ3v) is 4.50. The van der Waals surface area contributed by atoms with E-state index in [4.69, 9.17) is 11.6 Å². The van der Waals surface area contributed by atoms with Crippen LogP contribution in [-0.4, -0.2) is 18.1 Å².